The van der Waals surface area contributed by atoms with E-state index >= 15 is 0 Å². The van der Waals surface area contributed by atoms with Crippen LogP contribution >= 0.6 is 0 Å². The van der Waals surface area contributed by atoms with Gasteiger partial charge < -0.3 is 19.7 Å². The van der Waals surface area contributed by atoms with Crippen LogP contribution in [0.25, 0.3) is 11.1 Å². The number of piperidine rings is 1. The van der Waals surface area contributed by atoms with Crippen LogP contribution in [0.15, 0.2) is 30.3 Å². The van der Waals surface area contributed by atoms with E-state index in [1.165, 1.54) is 28.8 Å². The topological polar surface area (TPSA) is 33.7 Å². The summed E-state index contributed by atoms with van der Waals surface area (Å²) >= 11 is 0. The van der Waals surface area contributed by atoms with E-state index in [9.17, 15) is 0 Å². The SMILES string of the molecule is COc1ccc(C(C)C)cc1-c1cc2c3c(c1)[C@@H]1CNCC[C@@H]1N3CCO2. The number of nitrogens with one attached hydrogen (secondary N) is 1. The van der Waals surface area contributed by atoms with Crippen molar-refractivity contribution >= 4 is 5.69 Å². The second kappa shape index (κ2) is 6.45. The van der Waals surface area contributed by atoms with Gasteiger partial charge in [0.15, 0.2) is 0 Å². The Balaban J connectivity index is 1.67. The van der Waals surface area contributed by atoms with Crippen LogP contribution in [0.3, 0.4) is 0 Å². The molecule has 1 N–H and O–H groups in total. The van der Waals surface area contributed by atoms with Gasteiger partial charge in [-0.05, 0) is 59.8 Å². The number of hydrogen-bond donors (Lipinski definition) is 1. The molecular formula is C23H28N2O2. The lowest BCUT2D eigenvalue weighted by atomic mass is 9.88. The summed E-state index contributed by atoms with van der Waals surface area (Å²) in [6, 6.07) is 11.8. The van der Waals surface area contributed by atoms with Crippen LogP contribution in [0.1, 0.15) is 43.2 Å². The minimum Gasteiger partial charge on any atom is -0.496 e. The predicted octanol–water partition coefficient (Wildman–Crippen LogP) is 4.14. The van der Waals surface area contributed by atoms with E-state index in [0.29, 0.717) is 17.9 Å². The summed E-state index contributed by atoms with van der Waals surface area (Å²) in [7, 11) is 1.75. The van der Waals surface area contributed by atoms with E-state index in [1.54, 1.807) is 7.11 Å². The standard InChI is InChI=1S/C23H28N2O2/c1-14(2)15-4-5-21(26-3)17(10-15)16-11-18-19-13-24-7-6-20(19)25-8-9-27-22(12-16)23(18)25/h4-5,10-12,14,19-20,24H,6-9,13H2,1-3H3/t19-,20-/m0/s1. The Hall–Kier alpha value is -2.20. The first-order chi connectivity index (χ1) is 13.2. The number of nitrogens with zero attached hydrogens (tertiary/aromatic N) is 1. The molecule has 142 valence electrons. The van der Waals surface area contributed by atoms with E-state index in [-0.39, 0.29) is 0 Å². The molecule has 1 saturated heterocycles. The normalized spacial score (nSPS) is 23.0. The summed E-state index contributed by atoms with van der Waals surface area (Å²) in [4.78, 5) is 2.60. The number of anilines is 1. The highest BCUT2D eigenvalue weighted by Gasteiger charge is 2.43. The molecule has 4 heteroatoms. The van der Waals surface area contributed by atoms with Gasteiger partial charge >= 0.3 is 0 Å². The molecule has 4 nitrogen and oxygen atoms in total. The van der Waals surface area contributed by atoms with Gasteiger partial charge in [0.05, 0.1) is 19.3 Å². The molecule has 5 rings (SSSR count). The van der Waals surface area contributed by atoms with Gasteiger partial charge in [0, 0.05) is 24.1 Å². The lowest BCUT2D eigenvalue weighted by Gasteiger charge is -2.36. The van der Waals surface area contributed by atoms with Crippen molar-refractivity contribution in [1.82, 2.24) is 5.32 Å². The van der Waals surface area contributed by atoms with Crippen molar-refractivity contribution in [2.45, 2.75) is 38.1 Å². The van der Waals surface area contributed by atoms with Gasteiger partial charge in [-0.25, -0.2) is 0 Å². The first-order valence-corrected chi connectivity index (χ1v) is 10.1. The van der Waals surface area contributed by atoms with Crippen LogP contribution in [-0.2, 0) is 0 Å². The van der Waals surface area contributed by atoms with Crippen LogP contribution < -0.4 is 19.7 Å². The van der Waals surface area contributed by atoms with Gasteiger partial charge in [0.2, 0.25) is 0 Å². The fraction of sp³-hybridized carbons (Fsp3) is 0.478. The molecule has 27 heavy (non-hydrogen) atoms. The second-order valence-electron chi connectivity index (χ2n) is 8.24. The second-order valence-corrected chi connectivity index (χ2v) is 8.24. The maximum Gasteiger partial charge on any atom is 0.143 e. The number of hydrogen-bond acceptors (Lipinski definition) is 4. The van der Waals surface area contributed by atoms with Gasteiger partial charge in [-0.1, -0.05) is 19.9 Å². The van der Waals surface area contributed by atoms with Gasteiger partial charge in [-0.3, -0.25) is 0 Å². The molecule has 0 aromatic heterocycles. The number of benzene rings is 2. The molecule has 3 aliphatic rings. The molecule has 0 amide bonds. The number of rotatable bonds is 3. The Morgan fingerprint density at radius 2 is 2.11 bits per heavy atom. The highest BCUT2D eigenvalue weighted by Crippen LogP contribution is 2.51. The Labute approximate surface area is 161 Å². The van der Waals surface area contributed by atoms with Gasteiger partial charge in [-0.15, -0.1) is 0 Å². The average Bonchev–Trinajstić information content (AvgIpc) is 3.03. The molecule has 3 heterocycles. The molecule has 0 saturated carbocycles. The summed E-state index contributed by atoms with van der Waals surface area (Å²) < 4.78 is 11.8. The van der Waals surface area contributed by atoms with Crippen LogP contribution in [0.4, 0.5) is 5.69 Å². The Kier molecular flexibility index (Phi) is 4.05. The monoisotopic (exact) mass is 364 g/mol. The van der Waals surface area contributed by atoms with E-state index in [1.807, 2.05) is 0 Å². The smallest absolute Gasteiger partial charge is 0.143 e. The fourth-order valence-corrected chi connectivity index (χ4v) is 5.03. The summed E-state index contributed by atoms with van der Waals surface area (Å²) in [6.45, 7) is 8.41. The molecule has 2 atom stereocenters. The lowest BCUT2D eigenvalue weighted by Crippen LogP contribution is -2.46. The quantitative estimate of drug-likeness (QED) is 0.887. The Bertz CT molecular complexity index is 877. The molecule has 0 aliphatic carbocycles. The molecule has 2 aromatic rings. The van der Waals surface area contributed by atoms with Crippen molar-refractivity contribution in [2.75, 3.05) is 38.3 Å². The highest BCUT2D eigenvalue weighted by atomic mass is 16.5. The van der Waals surface area contributed by atoms with E-state index in [2.05, 4.69) is 54.4 Å². The van der Waals surface area contributed by atoms with Crippen LogP contribution in [0, 0.1) is 0 Å². The average molecular weight is 364 g/mol. The highest BCUT2D eigenvalue weighted by molar-refractivity contribution is 5.81. The Morgan fingerprint density at radius 3 is 2.93 bits per heavy atom. The predicted molar refractivity (Wildman–Crippen MR) is 109 cm³/mol. The molecular weight excluding hydrogens is 336 g/mol. The number of ether oxygens (including phenoxy) is 2. The van der Waals surface area contributed by atoms with Crippen molar-refractivity contribution in [3.8, 4) is 22.6 Å². The largest absolute Gasteiger partial charge is 0.496 e. The molecule has 0 bridgehead atoms. The third-order valence-electron chi connectivity index (χ3n) is 6.43. The number of fused-ring (bicyclic) bond motifs is 3. The van der Waals surface area contributed by atoms with Gasteiger partial charge in [0.25, 0.3) is 0 Å². The van der Waals surface area contributed by atoms with Gasteiger partial charge in [0.1, 0.15) is 18.1 Å². The maximum absolute atomic E-state index is 6.13. The maximum atomic E-state index is 6.13. The summed E-state index contributed by atoms with van der Waals surface area (Å²) in [5.41, 5.74) is 6.48. The minimum absolute atomic E-state index is 0.487. The van der Waals surface area contributed by atoms with E-state index < -0.39 is 0 Å². The molecule has 0 radical (unpaired) electrons. The van der Waals surface area contributed by atoms with Crippen molar-refractivity contribution in [3.05, 3.63) is 41.5 Å². The zero-order chi connectivity index (χ0) is 18.5. The zero-order valence-corrected chi connectivity index (χ0v) is 16.4. The molecule has 0 spiro atoms. The van der Waals surface area contributed by atoms with Gasteiger partial charge in [-0.2, -0.15) is 0 Å². The minimum atomic E-state index is 0.487. The summed E-state index contributed by atoms with van der Waals surface area (Å²) in [5, 5.41) is 3.60. The number of methoxy groups -OCH3 is 1. The van der Waals surface area contributed by atoms with E-state index in [0.717, 1.165) is 43.3 Å². The first kappa shape index (κ1) is 16.9. The summed E-state index contributed by atoms with van der Waals surface area (Å²) in [5.74, 6) is 3.00. The zero-order valence-electron chi connectivity index (χ0n) is 16.4. The van der Waals surface area contributed by atoms with Crippen molar-refractivity contribution in [2.24, 2.45) is 0 Å². The summed E-state index contributed by atoms with van der Waals surface area (Å²) in [6.07, 6.45) is 1.21. The third kappa shape index (κ3) is 2.61. The van der Waals surface area contributed by atoms with Crippen LogP contribution in [0.5, 0.6) is 11.5 Å². The van der Waals surface area contributed by atoms with Crippen molar-refractivity contribution < 1.29 is 9.47 Å². The molecule has 3 aliphatic heterocycles. The van der Waals surface area contributed by atoms with Crippen LogP contribution in [-0.4, -0.2) is 39.4 Å². The van der Waals surface area contributed by atoms with Crippen LogP contribution in [0.2, 0.25) is 0 Å². The first-order valence-electron chi connectivity index (χ1n) is 10.1. The third-order valence-corrected chi connectivity index (χ3v) is 6.43. The molecule has 0 unspecified atom stereocenters. The molecule has 1 fully saturated rings. The Morgan fingerprint density at radius 1 is 1.22 bits per heavy atom. The fourth-order valence-electron chi connectivity index (χ4n) is 5.03. The van der Waals surface area contributed by atoms with Crippen molar-refractivity contribution in [1.29, 1.82) is 0 Å². The van der Waals surface area contributed by atoms with Crippen molar-refractivity contribution in [3.63, 3.8) is 0 Å². The van der Waals surface area contributed by atoms with E-state index in [4.69, 9.17) is 9.47 Å². The lowest BCUT2D eigenvalue weighted by molar-refractivity contribution is 0.295. The molecule has 2 aromatic carbocycles.